The molecule has 3 N–H and O–H groups in total. The van der Waals surface area contributed by atoms with Crippen molar-refractivity contribution in [3.63, 3.8) is 0 Å². The highest BCUT2D eigenvalue weighted by Gasteiger charge is 2.27. The number of aryl methyl sites for hydroxylation is 1. The third-order valence-electron chi connectivity index (χ3n) is 4.47. The number of benzene rings is 1. The summed E-state index contributed by atoms with van der Waals surface area (Å²) in [6.45, 7) is 4.25. The normalized spacial score (nSPS) is 17.1. The van der Waals surface area contributed by atoms with Crippen LogP contribution in [0.4, 0.5) is 10.7 Å². The van der Waals surface area contributed by atoms with Crippen LogP contribution in [0.3, 0.4) is 0 Å². The Morgan fingerprint density at radius 2 is 2.27 bits per heavy atom. The first-order valence-electron chi connectivity index (χ1n) is 7.86. The summed E-state index contributed by atoms with van der Waals surface area (Å²) >= 11 is 1.59. The lowest BCUT2D eigenvalue weighted by Gasteiger charge is -2.21. The summed E-state index contributed by atoms with van der Waals surface area (Å²) < 4.78 is 0. The molecule has 1 aromatic carbocycles. The van der Waals surface area contributed by atoms with Gasteiger partial charge in [0.1, 0.15) is 0 Å². The minimum Gasteiger partial charge on any atom is -0.390 e. The van der Waals surface area contributed by atoms with E-state index in [0.29, 0.717) is 10.6 Å². The van der Waals surface area contributed by atoms with Gasteiger partial charge in [-0.1, -0.05) is 25.5 Å². The van der Waals surface area contributed by atoms with Crippen LogP contribution in [-0.2, 0) is 12.8 Å². The molecule has 0 bridgehead atoms. The van der Waals surface area contributed by atoms with Crippen LogP contribution in [0.5, 0.6) is 0 Å². The number of rotatable bonds is 3. The molecule has 1 aliphatic rings. The van der Waals surface area contributed by atoms with Crippen molar-refractivity contribution in [3.8, 4) is 0 Å². The molecule has 1 aromatic heterocycles. The van der Waals surface area contributed by atoms with Gasteiger partial charge in [-0.3, -0.25) is 4.79 Å². The molecule has 0 unspecified atom stereocenters. The lowest BCUT2D eigenvalue weighted by atomic mass is 9.85. The summed E-state index contributed by atoms with van der Waals surface area (Å²) in [4.78, 5) is 14.0. The predicted molar refractivity (Wildman–Crippen MR) is 93.7 cm³/mol. The summed E-state index contributed by atoms with van der Waals surface area (Å²) in [5.41, 5.74) is 9.99. The standard InChI is InChI=1S/C18H22N2OS/c1-3-12-7-8-14-15(10-12)22-17(19)16(14)18(21)20-13-6-4-5-11(2)9-13/h4-6,9,12H,3,7-8,10,19H2,1-2H3,(H,20,21)/t12-/m1/s1. The molecule has 0 radical (unpaired) electrons. The fraction of sp³-hybridized carbons (Fsp3) is 0.389. The van der Waals surface area contributed by atoms with Gasteiger partial charge in [-0.2, -0.15) is 0 Å². The smallest absolute Gasteiger partial charge is 0.258 e. The minimum atomic E-state index is -0.0736. The molecule has 2 aromatic rings. The van der Waals surface area contributed by atoms with Gasteiger partial charge in [-0.25, -0.2) is 0 Å². The highest BCUT2D eigenvalue weighted by Crippen LogP contribution is 2.39. The van der Waals surface area contributed by atoms with Gasteiger partial charge in [0.15, 0.2) is 0 Å². The molecule has 0 fully saturated rings. The summed E-state index contributed by atoms with van der Waals surface area (Å²) in [5, 5.41) is 3.65. The van der Waals surface area contributed by atoms with Gasteiger partial charge >= 0.3 is 0 Å². The Kier molecular flexibility index (Phi) is 4.21. The van der Waals surface area contributed by atoms with E-state index in [1.807, 2.05) is 31.2 Å². The molecule has 1 amide bonds. The molecule has 0 saturated carbocycles. The van der Waals surface area contributed by atoms with E-state index in [1.54, 1.807) is 11.3 Å². The topological polar surface area (TPSA) is 55.1 Å². The zero-order chi connectivity index (χ0) is 15.7. The van der Waals surface area contributed by atoms with Crippen LogP contribution in [0.25, 0.3) is 0 Å². The molecule has 116 valence electrons. The zero-order valence-corrected chi connectivity index (χ0v) is 13.9. The minimum absolute atomic E-state index is 0.0736. The molecule has 22 heavy (non-hydrogen) atoms. The van der Waals surface area contributed by atoms with Crippen LogP contribution in [0.2, 0.25) is 0 Å². The molecule has 3 rings (SSSR count). The first kappa shape index (κ1) is 15.1. The van der Waals surface area contributed by atoms with Crippen molar-refractivity contribution >= 4 is 27.9 Å². The molecule has 0 spiro atoms. The van der Waals surface area contributed by atoms with Crippen molar-refractivity contribution in [2.24, 2.45) is 5.92 Å². The van der Waals surface area contributed by atoms with E-state index in [-0.39, 0.29) is 5.91 Å². The fourth-order valence-corrected chi connectivity index (χ4v) is 4.42. The van der Waals surface area contributed by atoms with Crippen LogP contribution >= 0.6 is 11.3 Å². The van der Waals surface area contributed by atoms with Crippen LogP contribution in [0.15, 0.2) is 24.3 Å². The number of carbonyl (C=O) groups excluding carboxylic acids is 1. The van der Waals surface area contributed by atoms with E-state index in [0.717, 1.165) is 36.4 Å². The highest BCUT2D eigenvalue weighted by molar-refractivity contribution is 7.16. The van der Waals surface area contributed by atoms with Crippen molar-refractivity contribution in [3.05, 3.63) is 45.8 Å². The van der Waals surface area contributed by atoms with E-state index < -0.39 is 0 Å². The van der Waals surface area contributed by atoms with E-state index in [2.05, 4.69) is 12.2 Å². The fourth-order valence-electron chi connectivity index (χ4n) is 3.19. The molecule has 0 aliphatic heterocycles. The summed E-state index contributed by atoms with van der Waals surface area (Å²) in [7, 11) is 0. The van der Waals surface area contributed by atoms with Gasteiger partial charge in [-0.05, 0) is 55.4 Å². The first-order chi connectivity index (χ1) is 10.6. The zero-order valence-electron chi connectivity index (χ0n) is 13.1. The average Bonchev–Trinajstić information content (AvgIpc) is 2.81. The number of hydrogen-bond acceptors (Lipinski definition) is 3. The maximum Gasteiger partial charge on any atom is 0.258 e. The number of hydrogen-bond donors (Lipinski definition) is 2. The Bertz CT molecular complexity index is 705. The second-order valence-corrected chi connectivity index (χ2v) is 7.22. The lowest BCUT2D eigenvalue weighted by molar-refractivity contribution is 0.102. The molecule has 1 aliphatic carbocycles. The third-order valence-corrected chi connectivity index (χ3v) is 5.56. The van der Waals surface area contributed by atoms with E-state index in [1.165, 1.54) is 16.9 Å². The number of amides is 1. The molecule has 1 atom stereocenters. The maximum atomic E-state index is 12.6. The second-order valence-electron chi connectivity index (χ2n) is 6.08. The van der Waals surface area contributed by atoms with E-state index in [9.17, 15) is 4.79 Å². The Morgan fingerprint density at radius 1 is 1.45 bits per heavy atom. The molecule has 3 nitrogen and oxygen atoms in total. The Labute approximate surface area is 135 Å². The quantitative estimate of drug-likeness (QED) is 0.882. The van der Waals surface area contributed by atoms with Crippen molar-refractivity contribution in [1.29, 1.82) is 0 Å². The second kappa shape index (κ2) is 6.13. The SMILES string of the molecule is CC[C@@H]1CCc2c(sc(N)c2C(=O)Nc2cccc(C)c2)C1. The summed E-state index contributed by atoms with van der Waals surface area (Å²) in [5.74, 6) is 0.661. The van der Waals surface area contributed by atoms with Gasteiger partial charge in [0.2, 0.25) is 0 Å². The predicted octanol–water partition coefficient (Wildman–Crippen LogP) is 4.41. The average molecular weight is 314 g/mol. The van der Waals surface area contributed by atoms with Crippen molar-refractivity contribution in [2.45, 2.75) is 39.5 Å². The van der Waals surface area contributed by atoms with Gasteiger partial charge in [0.25, 0.3) is 5.91 Å². The Balaban J connectivity index is 1.86. The molecular formula is C18H22N2OS. The lowest BCUT2D eigenvalue weighted by Crippen LogP contribution is -2.18. The first-order valence-corrected chi connectivity index (χ1v) is 8.68. The summed E-state index contributed by atoms with van der Waals surface area (Å²) in [6, 6.07) is 7.84. The van der Waals surface area contributed by atoms with E-state index in [4.69, 9.17) is 5.73 Å². The van der Waals surface area contributed by atoms with Gasteiger partial charge < -0.3 is 11.1 Å². The summed E-state index contributed by atoms with van der Waals surface area (Å²) in [6.07, 6.45) is 4.39. The highest BCUT2D eigenvalue weighted by atomic mass is 32.1. The van der Waals surface area contributed by atoms with Crippen LogP contribution < -0.4 is 11.1 Å². The van der Waals surface area contributed by atoms with E-state index >= 15 is 0 Å². The largest absolute Gasteiger partial charge is 0.390 e. The monoisotopic (exact) mass is 314 g/mol. The number of nitrogens with two attached hydrogens (primary N) is 1. The molecule has 4 heteroatoms. The third kappa shape index (κ3) is 2.88. The van der Waals surface area contributed by atoms with Crippen LogP contribution in [-0.4, -0.2) is 5.91 Å². The molecular weight excluding hydrogens is 292 g/mol. The number of anilines is 2. The van der Waals surface area contributed by atoms with Gasteiger partial charge in [0.05, 0.1) is 10.6 Å². The number of nitrogen functional groups attached to an aromatic ring is 1. The maximum absolute atomic E-state index is 12.6. The Hall–Kier alpha value is -1.81. The van der Waals surface area contributed by atoms with Crippen molar-refractivity contribution in [2.75, 3.05) is 11.1 Å². The number of carbonyl (C=O) groups is 1. The van der Waals surface area contributed by atoms with Crippen molar-refractivity contribution in [1.82, 2.24) is 0 Å². The molecule has 0 saturated heterocycles. The number of thiophene rings is 1. The number of nitrogens with one attached hydrogen (secondary N) is 1. The van der Waals surface area contributed by atoms with Gasteiger partial charge in [0, 0.05) is 10.6 Å². The number of fused-ring (bicyclic) bond motifs is 1. The van der Waals surface area contributed by atoms with Crippen molar-refractivity contribution < 1.29 is 4.79 Å². The van der Waals surface area contributed by atoms with Gasteiger partial charge in [-0.15, -0.1) is 11.3 Å². The van der Waals surface area contributed by atoms with Crippen LogP contribution in [0.1, 0.15) is 46.1 Å². The Morgan fingerprint density at radius 3 is 3.00 bits per heavy atom. The molecule has 1 heterocycles. The van der Waals surface area contributed by atoms with Crippen LogP contribution in [0, 0.1) is 12.8 Å².